The maximum atomic E-state index is 13.4. The Morgan fingerprint density at radius 1 is 1.52 bits per heavy atom. The van der Waals surface area contributed by atoms with Crippen molar-refractivity contribution in [3.05, 3.63) is 29.8 Å². The molecule has 2 heterocycles. The molecule has 2 aromatic rings. The smallest absolute Gasteiger partial charge is 0.127 e. The summed E-state index contributed by atoms with van der Waals surface area (Å²) in [6.07, 6.45) is 0.0976. The van der Waals surface area contributed by atoms with E-state index in [-0.39, 0.29) is 17.3 Å². The molecule has 21 heavy (non-hydrogen) atoms. The summed E-state index contributed by atoms with van der Waals surface area (Å²) in [5.74, 6) is 0.476. The first-order valence-electron chi connectivity index (χ1n) is 7.14. The van der Waals surface area contributed by atoms with Gasteiger partial charge in [-0.15, -0.1) is 11.6 Å². The van der Waals surface area contributed by atoms with Crippen molar-refractivity contribution >= 4 is 22.6 Å². The van der Waals surface area contributed by atoms with Gasteiger partial charge in [-0.2, -0.15) is 0 Å². The van der Waals surface area contributed by atoms with E-state index >= 15 is 0 Å². The van der Waals surface area contributed by atoms with E-state index in [4.69, 9.17) is 16.3 Å². The van der Waals surface area contributed by atoms with Crippen LogP contribution in [0, 0.1) is 5.82 Å². The Hall–Kier alpha value is -1.17. The number of fused-ring (bicyclic) bond motifs is 1. The number of rotatable bonds is 3. The van der Waals surface area contributed by atoms with Gasteiger partial charge in [-0.3, -0.25) is 0 Å². The molecule has 0 amide bonds. The minimum absolute atomic E-state index is 0.0976. The number of alkyl halides is 1. The summed E-state index contributed by atoms with van der Waals surface area (Å²) in [6, 6.07) is 4.66. The quantitative estimate of drug-likeness (QED) is 0.817. The van der Waals surface area contributed by atoms with Crippen molar-refractivity contribution in [1.29, 1.82) is 0 Å². The van der Waals surface area contributed by atoms with Gasteiger partial charge in [0.05, 0.1) is 35.7 Å². The Labute approximate surface area is 128 Å². The predicted octanol–water partition coefficient (Wildman–Crippen LogP) is 2.81. The molecule has 1 aliphatic rings. The normalized spacial score (nSPS) is 21.8. The van der Waals surface area contributed by atoms with Gasteiger partial charge in [0.25, 0.3) is 0 Å². The highest BCUT2D eigenvalue weighted by Crippen LogP contribution is 2.26. The van der Waals surface area contributed by atoms with Crippen LogP contribution < -0.4 is 0 Å². The number of likely N-dealkylation sites (N-methyl/N-ethyl adjacent to an activating group) is 1. The van der Waals surface area contributed by atoms with Crippen LogP contribution >= 0.6 is 11.6 Å². The molecule has 2 unspecified atom stereocenters. The highest BCUT2D eigenvalue weighted by atomic mass is 35.5. The minimum atomic E-state index is -0.283. The van der Waals surface area contributed by atoms with Crippen molar-refractivity contribution in [2.45, 2.75) is 24.9 Å². The molecule has 2 atom stereocenters. The van der Waals surface area contributed by atoms with Crippen LogP contribution in [-0.2, 0) is 11.3 Å². The van der Waals surface area contributed by atoms with E-state index in [1.54, 1.807) is 6.07 Å². The third-order valence-electron chi connectivity index (χ3n) is 3.82. The number of aromatic nitrogens is 2. The van der Waals surface area contributed by atoms with Crippen molar-refractivity contribution in [2.75, 3.05) is 26.7 Å². The number of hydrogen-bond donors (Lipinski definition) is 0. The zero-order chi connectivity index (χ0) is 15.0. The van der Waals surface area contributed by atoms with Gasteiger partial charge in [-0.25, -0.2) is 9.37 Å². The topological polar surface area (TPSA) is 30.3 Å². The molecule has 1 aromatic heterocycles. The third kappa shape index (κ3) is 3.05. The molecular weight excluding hydrogens is 293 g/mol. The monoisotopic (exact) mass is 311 g/mol. The van der Waals surface area contributed by atoms with Gasteiger partial charge >= 0.3 is 0 Å². The average Bonchev–Trinajstić information content (AvgIpc) is 2.77. The Bertz CT molecular complexity index is 643. The molecule has 114 valence electrons. The lowest BCUT2D eigenvalue weighted by atomic mass is 10.2. The molecule has 0 spiro atoms. The van der Waals surface area contributed by atoms with Gasteiger partial charge in [-0.1, -0.05) is 0 Å². The molecule has 1 aromatic carbocycles. The van der Waals surface area contributed by atoms with E-state index in [0.717, 1.165) is 31.0 Å². The Morgan fingerprint density at radius 3 is 3.05 bits per heavy atom. The van der Waals surface area contributed by atoms with Crippen LogP contribution in [0.1, 0.15) is 18.1 Å². The third-order valence-corrected chi connectivity index (χ3v) is 4.02. The number of nitrogens with zero attached hydrogens (tertiary/aromatic N) is 3. The summed E-state index contributed by atoms with van der Waals surface area (Å²) in [4.78, 5) is 6.73. The van der Waals surface area contributed by atoms with Gasteiger partial charge in [-0.05, 0) is 26.1 Å². The van der Waals surface area contributed by atoms with Gasteiger partial charge in [0, 0.05) is 19.2 Å². The number of hydrogen-bond acceptors (Lipinski definition) is 3. The molecule has 3 rings (SSSR count). The molecule has 1 saturated heterocycles. The van der Waals surface area contributed by atoms with E-state index in [2.05, 4.69) is 21.5 Å². The van der Waals surface area contributed by atoms with Gasteiger partial charge < -0.3 is 14.2 Å². The molecule has 4 nitrogen and oxygen atoms in total. The fraction of sp³-hybridized carbons (Fsp3) is 0.533. The first-order chi connectivity index (χ1) is 10.0. The Morgan fingerprint density at radius 2 is 2.33 bits per heavy atom. The number of morpholine rings is 1. The van der Waals surface area contributed by atoms with E-state index in [9.17, 15) is 4.39 Å². The fourth-order valence-corrected chi connectivity index (χ4v) is 2.96. The summed E-state index contributed by atoms with van der Waals surface area (Å²) >= 11 is 6.24. The van der Waals surface area contributed by atoms with Crippen molar-refractivity contribution < 1.29 is 9.13 Å². The second kappa shape index (κ2) is 5.91. The van der Waals surface area contributed by atoms with E-state index < -0.39 is 0 Å². The van der Waals surface area contributed by atoms with Crippen molar-refractivity contribution in [3.63, 3.8) is 0 Å². The number of benzene rings is 1. The zero-order valence-electron chi connectivity index (χ0n) is 12.2. The van der Waals surface area contributed by atoms with Crippen molar-refractivity contribution in [1.82, 2.24) is 14.5 Å². The maximum absolute atomic E-state index is 13.4. The molecule has 1 aliphatic heterocycles. The molecule has 1 fully saturated rings. The number of halogens is 2. The van der Waals surface area contributed by atoms with Crippen LogP contribution in [0.15, 0.2) is 18.2 Å². The lowest BCUT2D eigenvalue weighted by molar-refractivity contribution is -0.0272. The van der Waals surface area contributed by atoms with Crippen LogP contribution in [0.5, 0.6) is 0 Å². The first kappa shape index (κ1) is 14.8. The maximum Gasteiger partial charge on any atom is 0.127 e. The number of ether oxygens (including phenoxy) is 1. The molecular formula is C15H19ClFN3O. The second-order valence-corrected chi connectivity index (χ2v) is 6.24. The molecule has 0 aliphatic carbocycles. The molecule has 0 N–H and O–H groups in total. The molecule has 0 bridgehead atoms. The van der Waals surface area contributed by atoms with E-state index in [1.807, 2.05) is 6.92 Å². The van der Waals surface area contributed by atoms with Gasteiger partial charge in [0.2, 0.25) is 0 Å². The van der Waals surface area contributed by atoms with E-state index in [0.29, 0.717) is 12.1 Å². The summed E-state index contributed by atoms with van der Waals surface area (Å²) < 4.78 is 21.2. The SMILES string of the molecule is CC(Cl)c1nc2cc(F)ccc2n1CC1CN(C)CCO1. The van der Waals surface area contributed by atoms with Crippen molar-refractivity contribution in [3.8, 4) is 0 Å². The van der Waals surface area contributed by atoms with Crippen LogP contribution in [-0.4, -0.2) is 47.3 Å². The standard InChI is InChI=1S/C15H19ClFN3O/c1-10(16)15-18-13-7-11(17)3-4-14(13)20(15)9-12-8-19(2)5-6-21-12/h3-4,7,10,12H,5-6,8-9H2,1-2H3. The van der Waals surface area contributed by atoms with Crippen molar-refractivity contribution in [2.24, 2.45) is 0 Å². The molecule has 0 saturated carbocycles. The Kier molecular flexibility index (Phi) is 4.15. The highest BCUT2D eigenvalue weighted by molar-refractivity contribution is 6.20. The average molecular weight is 312 g/mol. The lowest BCUT2D eigenvalue weighted by Gasteiger charge is -2.30. The van der Waals surface area contributed by atoms with Crippen LogP contribution in [0.3, 0.4) is 0 Å². The molecule has 0 radical (unpaired) electrons. The van der Waals surface area contributed by atoms with Gasteiger partial charge in [0.1, 0.15) is 11.6 Å². The minimum Gasteiger partial charge on any atom is -0.374 e. The van der Waals surface area contributed by atoms with Crippen LogP contribution in [0.4, 0.5) is 4.39 Å². The van der Waals surface area contributed by atoms with Crippen LogP contribution in [0.25, 0.3) is 11.0 Å². The van der Waals surface area contributed by atoms with Gasteiger partial charge in [0.15, 0.2) is 0 Å². The lowest BCUT2D eigenvalue weighted by Crippen LogP contribution is -2.42. The fourth-order valence-electron chi connectivity index (χ4n) is 2.80. The molecule has 6 heteroatoms. The summed E-state index contributed by atoms with van der Waals surface area (Å²) in [5, 5.41) is -0.234. The Balaban J connectivity index is 1.97. The summed E-state index contributed by atoms with van der Waals surface area (Å²) in [6.45, 7) is 5.11. The number of imidazole rings is 1. The predicted molar refractivity (Wildman–Crippen MR) is 81.2 cm³/mol. The zero-order valence-corrected chi connectivity index (χ0v) is 13.0. The first-order valence-corrected chi connectivity index (χ1v) is 7.58. The second-order valence-electron chi connectivity index (χ2n) is 5.58. The highest BCUT2D eigenvalue weighted by Gasteiger charge is 2.22. The summed E-state index contributed by atoms with van der Waals surface area (Å²) in [5.41, 5.74) is 1.54. The largest absolute Gasteiger partial charge is 0.374 e. The summed E-state index contributed by atoms with van der Waals surface area (Å²) in [7, 11) is 2.09. The van der Waals surface area contributed by atoms with Crippen LogP contribution in [0.2, 0.25) is 0 Å². The van der Waals surface area contributed by atoms with E-state index in [1.165, 1.54) is 12.1 Å².